The predicted octanol–water partition coefficient (Wildman–Crippen LogP) is 3.24. The highest BCUT2D eigenvalue weighted by Crippen LogP contribution is 2.26. The third kappa shape index (κ3) is 4.47. The largest absolute Gasteiger partial charge is 0.497 e. The van der Waals surface area contributed by atoms with Crippen LogP contribution in [0.2, 0.25) is 0 Å². The number of rotatable bonds is 7. The number of methoxy groups -OCH3 is 2. The summed E-state index contributed by atoms with van der Waals surface area (Å²) in [5.41, 5.74) is 4.02. The first-order chi connectivity index (χ1) is 12.4. The van der Waals surface area contributed by atoms with Gasteiger partial charge in [0, 0.05) is 49.7 Å². The van der Waals surface area contributed by atoms with Gasteiger partial charge in [-0.2, -0.15) is 5.10 Å². The molecule has 0 aliphatic carbocycles. The maximum atomic E-state index is 12.5. The molecule has 0 radical (unpaired) electrons. The summed E-state index contributed by atoms with van der Waals surface area (Å²) in [6.45, 7) is 7.61. The number of carbonyl (C=O) groups is 1. The first-order valence-corrected chi connectivity index (χ1v) is 8.67. The molecule has 7 heteroatoms. The Morgan fingerprint density at radius 3 is 2.31 bits per heavy atom. The average molecular weight is 360 g/mol. The fourth-order valence-corrected chi connectivity index (χ4v) is 2.88. The molecule has 1 heterocycles. The molecule has 26 heavy (non-hydrogen) atoms. The zero-order chi connectivity index (χ0) is 19.3. The number of hydrogen-bond donors (Lipinski definition) is 1. The first-order valence-electron chi connectivity index (χ1n) is 8.67. The number of urea groups is 1. The van der Waals surface area contributed by atoms with Crippen LogP contribution in [0.25, 0.3) is 0 Å². The molecule has 2 aromatic rings. The summed E-state index contributed by atoms with van der Waals surface area (Å²) in [5.74, 6) is 1.25. The lowest BCUT2D eigenvalue weighted by Gasteiger charge is -2.19. The van der Waals surface area contributed by atoms with Crippen molar-refractivity contribution in [3.05, 3.63) is 35.2 Å². The van der Waals surface area contributed by atoms with Crippen LogP contribution in [0.4, 0.5) is 10.5 Å². The topological polar surface area (TPSA) is 68.6 Å². The molecule has 142 valence electrons. The number of carbonyl (C=O) groups excluding carboxylic acids is 1. The van der Waals surface area contributed by atoms with Gasteiger partial charge in [0.2, 0.25) is 0 Å². The number of aryl methyl sites for hydroxylation is 2. The van der Waals surface area contributed by atoms with Crippen LogP contribution in [0.5, 0.6) is 11.5 Å². The SMILES string of the molecule is CCn1nc(C)c(CCN(C)C(=O)Nc2cc(OC)cc(OC)c2)c1C. The monoisotopic (exact) mass is 360 g/mol. The molecule has 0 aliphatic rings. The summed E-state index contributed by atoms with van der Waals surface area (Å²) in [5, 5.41) is 7.41. The van der Waals surface area contributed by atoms with Gasteiger partial charge in [-0.3, -0.25) is 4.68 Å². The molecule has 1 aromatic carbocycles. The number of benzene rings is 1. The van der Waals surface area contributed by atoms with E-state index < -0.39 is 0 Å². The highest BCUT2D eigenvalue weighted by atomic mass is 16.5. The first kappa shape index (κ1) is 19.6. The molecular weight excluding hydrogens is 332 g/mol. The molecule has 0 atom stereocenters. The van der Waals surface area contributed by atoms with E-state index in [2.05, 4.69) is 24.3 Å². The van der Waals surface area contributed by atoms with Gasteiger partial charge in [0.05, 0.1) is 19.9 Å². The zero-order valence-corrected chi connectivity index (χ0v) is 16.4. The molecule has 0 bridgehead atoms. The van der Waals surface area contributed by atoms with Gasteiger partial charge >= 0.3 is 6.03 Å². The average Bonchev–Trinajstić information content (AvgIpc) is 2.92. The van der Waals surface area contributed by atoms with Gasteiger partial charge in [-0.25, -0.2) is 4.79 Å². The summed E-state index contributed by atoms with van der Waals surface area (Å²) >= 11 is 0. The number of ether oxygens (including phenoxy) is 2. The standard InChI is InChI=1S/C19H28N4O3/c1-7-23-14(3)18(13(2)21-23)8-9-22(4)19(24)20-15-10-16(25-5)12-17(11-15)26-6/h10-12H,7-9H2,1-6H3,(H,20,24). The minimum atomic E-state index is -0.182. The van der Waals surface area contributed by atoms with Crippen molar-refractivity contribution in [2.45, 2.75) is 33.7 Å². The molecule has 1 N–H and O–H groups in total. The second-order valence-electron chi connectivity index (χ2n) is 6.17. The van der Waals surface area contributed by atoms with Crippen molar-refractivity contribution < 1.29 is 14.3 Å². The molecule has 0 aliphatic heterocycles. The van der Waals surface area contributed by atoms with Gasteiger partial charge in [-0.1, -0.05) is 0 Å². The normalized spacial score (nSPS) is 10.5. The van der Waals surface area contributed by atoms with Crippen LogP contribution in [-0.4, -0.2) is 48.5 Å². The Hall–Kier alpha value is -2.70. The number of aromatic nitrogens is 2. The van der Waals surface area contributed by atoms with Crippen LogP contribution >= 0.6 is 0 Å². The molecule has 0 spiro atoms. The molecular formula is C19H28N4O3. The Labute approximate surface area is 154 Å². The van der Waals surface area contributed by atoms with E-state index in [-0.39, 0.29) is 6.03 Å². The van der Waals surface area contributed by atoms with Gasteiger partial charge < -0.3 is 19.7 Å². The molecule has 0 unspecified atom stereocenters. The van der Waals surface area contributed by atoms with Crippen molar-refractivity contribution in [2.75, 3.05) is 33.1 Å². The van der Waals surface area contributed by atoms with Crippen molar-refractivity contribution in [1.82, 2.24) is 14.7 Å². The van der Waals surface area contributed by atoms with E-state index in [0.29, 0.717) is 23.7 Å². The van der Waals surface area contributed by atoms with Gasteiger partial charge in [0.25, 0.3) is 0 Å². The quantitative estimate of drug-likeness (QED) is 0.823. The Morgan fingerprint density at radius 2 is 1.81 bits per heavy atom. The Balaban J connectivity index is 2.01. The van der Waals surface area contributed by atoms with Crippen molar-refractivity contribution in [2.24, 2.45) is 0 Å². The highest BCUT2D eigenvalue weighted by molar-refractivity contribution is 5.89. The number of anilines is 1. The Kier molecular flexibility index (Phi) is 6.49. The fraction of sp³-hybridized carbons (Fsp3) is 0.474. The Morgan fingerprint density at radius 1 is 1.19 bits per heavy atom. The van der Waals surface area contributed by atoms with Crippen LogP contribution < -0.4 is 14.8 Å². The molecule has 7 nitrogen and oxygen atoms in total. The molecule has 2 amide bonds. The number of likely N-dealkylation sites (N-methyl/N-ethyl adjacent to an activating group) is 1. The van der Waals surface area contributed by atoms with E-state index in [4.69, 9.17) is 9.47 Å². The van der Waals surface area contributed by atoms with Gasteiger partial charge in [-0.05, 0) is 32.8 Å². The summed E-state index contributed by atoms with van der Waals surface area (Å²) in [6.07, 6.45) is 0.767. The summed E-state index contributed by atoms with van der Waals surface area (Å²) in [6, 6.07) is 5.09. The molecule has 0 saturated carbocycles. The van der Waals surface area contributed by atoms with E-state index in [0.717, 1.165) is 24.4 Å². The highest BCUT2D eigenvalue weighted by Gasteiger charge is 2.14. The van der Waals surface area contributed by atoms with E-state index >= 15 is 0 Å². The predicted molar refractivity (Wildman–Crippen MR) is 102 cm³/mol. The number of nitrogens with one attached hydrogen (secondary N) is 1. The molecule has 0 fully saturated rings. The second kappa shape index (κ2) is 8.60. The minimum absolute atomic E-state index is 0.182. The van der Waals surface area contributed by atoms with Gasteiger partial charge in [-0.15, -0.1) is 0 Å². The van der Waals surface area contributed by atoms with Crippen molar-refractivity contribution >= 4 is 11.7 Å². The van der Waals surface area contributed by atoms with Gasteiger partial charge in [0.15, 0.2) is 0 Å². The number of nitrogens with zero attached hydrogens (tertiary/aromatic N) is 3. The summed E-state index contributed by atoms with van der Waals surface area (Å²) in [4.78, 5) is 14.1. The third-order valence-corrected chi connectivity index (χ3v) is 4.48. The van der Waals surface area contributed by atoms with Crippen LogP contribution in [0.1, 0.15) is 23.9 Å². The van der Waals surface area contributed by atoms with E-state index in [1.807, 2.05) is 11.6 Å². The zero-order valence-electron chi connectivity index (χ0n) is 16.4. The lowest BCUT2D eigenvalue weighted by atomic mass is 10.1. The van der Waals surface area contributed by atoms with E-state index in [1.54, 1.807) is 44.4 Å². The van der Waals surface area contributed by atoms with Gasteiger partial charge in [0.1, 0.15) is 11.5 Å². The lowest BCUT2D eigenvalue weighted by Crippen LogP contribution is -2.33. The van der Waals surface area contributed by atoms with Crippen molar-refractivity contribution in [3.8, 4) is 11.5 Å². The third-order valence-electron chi connectivity index (χ3n) is 4.48. The van der Waals surface area contributed by atoms with Crippen LogP contribution in [0.3, 0.4) is 0 Å². The van der Waals surface area contributed by atoms with E-state index in [1.165, 1.54) is 5.56 Å². The van der Waals surface area contributed by atoms with Crippen LogP contribution in [0, 0.1) is 13.8 Å². The van der Waals surface area contributed by atoms with Crippen LogP contribution in [-0.2, 0) is 13.0 Å². The van der Waals surface area contributed by atoms with Crippen LogP contribution in [0.15, 0.2) is 18.2 Å². The summed E-state index contributed by atoms with van der Waals surface area (Å²) in [7, 11) is 4.93. The number of hydrogen-bond acceptors (Lipinski definition) is 4. The van der Waals surface area contributed by atoms with Crippen molar-refractivity contribution in [3.63, 3.8) is 0 Å². The number of amides is 2. The smallest absolute Gasteiger partial charge is 0.321 e. The van der Waals surface area contributed by atoms with E-state index in [9.17, 15) is 4.79 Å². The molecule has 2 rings (SSSR count). The maximum absolute atomic E-state index is 12.5. The molecule has 1 aromatic heterocycles. The lowest BCUT2D eigenvalue weighted by molar-refractivity contribution is 0.223. The fourth-order valence-electron chi connectivity index (χ4n) is 2.88. The Bertz CT molecular complexity index is 748. The second-order valence-corrected chi connectivity index (χ2v) is 6.17. The molecule has 0 saturated heterocycles. The maximum Gasteiger partial charge on any atom is 0.321 e. The summed E-state index contributed by atoms with van der Waals surface area (Å²) < 4.78 is 12.5. The van der Waals surface area contributed by atoms with Crippen molar-refractivity contribution in [1.29, 1.82) is 0 Å². The minimum Gasteiger partial charge on any atom is -0.497 e.